The van der Waals surface area contributed by atoms with E-state index in [1.54, 1.807) is 30.5 Å². The number of hydrogen-bond acceptors (Lipinski definition) is 19. The van der Waals surface area contributed by atoms with E-state index in [0.29, 0.717) is 63.8 Å². The smallest absolute Gasteiger partial charge is 0.407 e. The summed E-state index contributed by atoms with van der Waals surface area (Å²) in [6.07, 6.45) is 5.09. The summed E-state index contributed by atoms with van der Waals surface area (Å²) in [7, 11) is 0. The third-order valence-electron chi connectivity index (χ3n) is 18.6. The minimum atomic E-state index is -1.27. The highest BCUT2D eigenvalue weighted by molar-refractivity contribution is 7.22. The fourth-order valence-electron chi connectivity index (χ4n) is 15.1. The molecule has 3 aromatic heterocycles. The average Bonchev–Trinajstić information content (AvgIpc) is 0.742. The number of imide groups is 1. The zero-order valence-corrected chi connectivity index (χ0v) is 55.1. The number of rotatable bonds is 27. The summed E-state index contributed by atoms with van der Waals surface area (Å²) in [5.74, 6) is -3.76. The summed E-state index contributed by atoms with van der Waals surface area (Å²) in [6.45, 7) is 12.4. The van der Waals surface area contributed by atoms with Crippen molar-refractivity contribution in [3.63, 3.8) is 0 Å². The fraction of sp³-hybridized carbons (Fsp3) is 0.478. The van der Waals surface area contributed by atoms with Gasteiger partial charge in [-0.1, -0.05) is 51.2 Å². The first kappa shape index (κ1) is 68.5. The number of aliphatic hydroxyl groups excluding tert-OH is 1. The summed E-state index contributed by atoms with van der Waals surface area (Å²) in [6, 6.07) is 18.5. The molecule has 6 atom stereocenters. The van der Waals surface area contributed by atoms with Gasteiger partial charge in [-0.15, -0.1) is 0 Å². The van der Waals surface area contributed by atoms with E-state index in [1.165, 1.54) is 29.5 Å². The van der Waals surface area contributed by atoms with Gasteiger partial charge < -0.3 is 59.3 Å². The number of nitrogens with one attached hydrogen (secondary N) is 3. The molecule has 27 heteroatoms. The summed E-state index contributed by atoms with van der Waals surface area (Å²) < 4.78 is 54.3. The predicted octanol–water partition coefficient (Wildman–Crippen LogP) is 8.76. The van der Waals surface area contributed by atoms with Crippen molar-refractivity contribution >= 4 is 74.2 Å². The Hall–Kier alpha value is -8.89. The van der Waals surface area contributed by atoms with E-state index >= 15 is 4.39 Å². The van der Waals surface area contributed by atoms with E-state index in [9.17, 15) is 48.9 Å². The maximum absolute atomic E-state index is 15.4. The minimum absolute atomic E-state index is 0.0162. The normalized spacial score (nSPS) is 22.8. The van der Waals surface area contributed by atoms with Crippen LogP contribution in [0.3, 0.4) is 0 Å². The number of halogens is 1. The van der Waals surface area contributed by atoms with Crippen LogP contribution in [0.2, 0.25) is 0 Å². The highest BCUT2D eigenvalue weighted by Gasteiger charge is 2.59. The van der Waals surface area contributed by atoms with Crippen molar-refractivity contribution in [2.24, 2.45) is 16.2 Å². The van der Waals surface area contributed by atoms with Crippen LogP contribution in [0.4, 0.5) is 20.1 Å². The van der Waals surface area contributed by atoms with Crippen LogP contribution in [0.1, 0.15) is 129 Å². The molecule has 6 aromatic rings. The molecule has 0 spiro atoms. The van der Waals surface area contributed by atoms with Crippen LogP contribution in [-0.2, 0) is 64.2 Å². The van der Waals surface area contributed by atoms with Gasteiger partial charge >= 0.3 is 18.0 Å². The quantitative estimate of drug-likeness (QED) is 0.0207. The summed E-state index contributed by atoms with van der Waals surface area (Å²) in [5.41, 5.74) is 3.02. The molecule has 2 bridgehead atoms. The van der Waals surface area contributed by atoms with E-state index in [-0.39, 0.29) is 124 Å². The van der Waals surface area contributed by atoms with Crippen LogP contribution in [0.25, 0.3) is 21.3 Å². The van der Waals surface area contributed by atoms with Gasteiger partial charge in [0.15, 0.2) is 16.9 Å². The molecule has 1 saturated heterocycles. The molecule has 11 rings (SSSR count). The van der Waals surface area contributed by atoms with Crippen LogP contribution in [0.5, 0.6) is 11.5 Å². The van der Waals surface area contributed by atoms with Gasteiger partial charge in [-0.25, -0.2) is 28.7 Å². The van der Waals surface area contributed by atoms with Crippen molar-refractivity contribution in [1.82, 2.24) is 35.3 Å². The molecular weight excluding hydrogens is 1260 g/mol. The van der Waals surface area contributed by atoms with Crippen LogP contribution in [-0.4, -0.2) is 158 Å². The van der Waals surface area contributed by atoms with Crippen molar-refractivity contribution in [2.45, 2.75) is 143 Å². The zero-order valence-electron chi connectivity index (χ0n) is 54.3. The SMILES string of the molecule is CCC1(Cn2ncc(-c3ccc(N4CCc5c(F)ccc(C(=O)Nc6nc7ccccc7s6)c5C4)nc3C(=O)O)c2C)CC2(C)CC(C)(C)CC(OCCNC(=O)OCc3ccc(O[C@H]4C[C@@H](O)C[C@@H](C(=O)O)O4)cc3OCCOCCNC(=O)CCN3C(=O)C=CC3=O)(C2)C1. The molecule has 96 heavy (non-hydrogen) atoms. The van der Waals surface area contributed by atoms with Gasteiger partial charge in [0.1, 0.15) is 36.3 Å². The number of thiazole rings is 1. The van der Waals surface area contributed by atoms with Crippen molar-refractivity contribution in [1.29, 1.82) is 0 Å². The van der Waals surface area contributed by atoms with Gasteiger partial charge in [-0.05, 0) is 128 Å². The number of carboxylic acid groups (broad SMARTS) is 2. The summed E-state index contributed by atoms with van der Waals surface area (Å²) in [5, 5.41) is 44.4. The first-order valence-corrected chi connectivity index (χ1v) is 33.1. The molecule has 5 aliphatic rings. The molecule has 2 saturated carbocycles. The first-order valence-electron chi connectivity index (χ1n) is 32.3. The number of amides is 5. The topological polar surface area (TPSA) is 322 Å². The van der Waals surface area contributed by atoms with E-state index in [1.807, 2.05) is 40.8 Å². The minimum Gasteiger partial charge on any atom is -0.491 e. The molecule has 3 aromatic carbocycles. The number of aromatic carboxylic acids is 1. The predicted molar refractivity (Wildman–Crippen MR) is 349 cm³/mol. The number of carbonyl (C=O) groups excluding carboxylic acids is 5. The molecular formula is C69H80FN9O16S. The number of carbonyl (C=O) groups is 7. The first-order chi connectivity index (χ1) is 45.9. The Morgan fingerprint density at radius 3 is 2.42 bits per heavy atom. The monoisotopic (exact) mass is 1340 g/mol. The molecule has 2 aliphatic carbocycles. The molecule has 25 nitrogen and oxygen atoms in total. The van der Waals surface area contributed by atoms with Crippen molar-refractivity contribution < 1.29 is 81.7 Å². The molecule has 0 radical (unpaired) electrons. The molecule has 5 amide bonds. The number of aliphatic carboxylic acids is 1. The standard InChI is InChI=1S/C69H80FN9O16S/c1-6-68(40-79-41(2)48(32-73-79)46-14-16-55(75-60(46)63(87)88)77-23-19-45-49(33-77)47(13-15-50(45)70)61(84)76-64-74-51-9-7-8-10-54(51)96-64)37-67(5)35-66(3,4)36-69(38-67,39-68)93-26-22-72-65(89)92-34-42-11-12-44(94-59-30-43(80)29-53(95-59)62(85)86)31-52(42)91-28-27-90-25-21-71-56(81)20-24-78-57(82)17-18-58(78)83/h7-18,31-32,43,53,59,80H,6,19-30,33-40H2,1-5H3,(H,71,81)(H,72,89)(H,85,86)(H,87,88)(H,74,76,84)/t43-,53-,59+,67?,68?,69?/m0/s1. The fourth-order valence-corrected chi connectivity index (χ4v) is 16.0. The number of fused-ring (bicyclic) bond motifs is 4. The van der Waals surface area contributed by atoms with Crippen LogP contribution in [0.15, 0.2) is 85.1 Å². The second kappa shape index (κ2) is 28.8. The Labute approximate surface area is 557 Å². The Balaban J connectivity index is 0.709. The number of hydrogen-bond donors (Lipinski definition) is 6. The lowest BCUT2D eigenvalue weighted by atomic mass is 9.47. The highest BCUT2D eigenvalue weighted by Crippen LogP contribution is 2.64. The summed E-state index contributed by atoms with van der Waals surface area (Å²) >= 11 is 1.34. The van der Waals surface area contributed by atoms with Crippen LogP contribution >= 0.6 is 11.3 Å². The Morgan fingerprint density at radius 2 is 1.65 bits per heavy atom. The number of benzene rings is 3. The van der Waals surface area contributed by atoms with E-state index in [0.717, 1.165) is 65.1 Å². The van der Waals surface area contributed by atoms with Crippen molar-refractivity contribution in [3.05, 3.63) is 125 Å². The third-order valence-corrected chi connectivity index (χ3v) is 19.6. The zero-order chi connectivity index (χ0) is 68.1. The maximum atomic E-state index is 15.4. The van der Waals surface area contributed by atoms with E-state index in [2.05, 4.69) is 48.6 Å². The molecule has 3 fully saturated rings. The van der Waals surface area contributed by atoms with Crippen LogP contribution < -0.4 is 30.3 Å². The molecule has 510 valence electrons. The second-order valence-electron chi connectivity index (χ2n) is 26.7. The molecule has 3 unspecified atom stereocenters. The number of ether oxygens (including phenoxy) is 6. The average molecular weight is 1340 g/mol. The highest BCUT2D eigenvalue weighted by atomic mass is 32.1. The number of anilines is 2. The Kier molecular flexibility index (Phi) is 20.6. The number of carboxylic acids is 2. The second-order valence-corrected chi connectivity index (χ2v) is 27.7. The summed E-state index contributed by atoms with van der Waals surface area (Å²) in [4.78, 5) is 100. The lowest BCUT2D eigenvalue weighted by molar-refractivity contribution is -0.196. The number of alkyl carbamates (subject to hydrolysis) is 1. The van der Waals surface area contributed by atoms with Gasteiger partial charge in [0.05, 0.1) is 47.9 Å². The van der Waals surface area contributed by atoms with Crippen molar-refractivity contribution in [2.75, 3.05) is 62.8 Å². The number of para-hydroxylation sites is 1. The van der Waals surface area contributed by atoms with Gasteiger partial charge in [0, 0.05) is 105 Å². The number of nitrogens with zero attached hydrogens (tertiary/aromatic N) is 6. The number of aliphatic hydroxyl groups is 1. The molecule has 6 N–H and O–H groups in total. The lowest BCUT2D eigenvalue weighted by Gasteiger charge is -2.62. The van der Waals surface area contributed by atoms with Gasteiger partial charge in [0.25, 0.3) is 17.7 Å². The van der Waals surface area contributed by atoms with E-state index < -0.39 is 65.7 Å². The van der Waals surface area contributed by atoms with Gasteiger partial charge in [0.2, 0.25) is 12.2 Å². The number of aromatic nitrogens is 4. The van der Waals surface area contributed by atoms with Gasteiger partial charge in [-0.2, -0.15) is 5.10 Å². The Morgan fingerprint density at radius 1 is 0.854 bits per heavy atom. The number of pyridine rings is 1. The Bertz CT molecular complexity index is 3930. The lowest BCUT2D eigenvalue weighted by Crippen LogP contribution is -2.58. The van der Waals surface area contributed by atoms with E-state index in [4.69, 9.17) is 38.5 Å². The third kappa shape index (κ3) is 16.0. The van der Waals surface area contributed by atoms with Crippen molar-refractivity contribution in [3.8, 4) is 22.6 Å². The van der Waals surface area contributed by atoms with Crippen LogP contribution in [0, 0.1) is 29.0 Å². The largest absolute Gasteiger partial charge is 0.491 e. The maximum Gasteiger partial charge on any atom is 0.407 e. The van der Waals surface area contributed by atoms with Gasteiger partial charge in [-0.3, -0.25) is 34.1 Å². The molecule has 6 heterocycles. The molecule has 3 aliphatic heterocycles.